The minimum atomic E-state index is -0.941. The first-order valence-corrected chi connectivity index (χ1v) is 7.35. The van der Waals surface area contributed by atoms with Crippen molar-refractivity contribution in [2.24, 2.45) is 0 Å². The SMILES string of the molecule is OCc1cc(Cl)ccc1C1(O)CCC2(CC1)OCCO2. The molecule has 0 radical (unpaired) electrons. The molecule has 2 aliphatic rings. The van der Waals surface area contributed by atoms with Crippen molar-refractivity contribution in [1.29, 1.82) is 0 Å². The number of aliphatic hydroxyl groups excluding tert-OH is 1. The van der Waals surface area contributed by atoms with E-state index in [0.717, 1.165) is 5.56 Å². The first kappa shape index (κ1) is 14.3. The van der Waals surface area contributed by atoms with E-state index in [9.17, 15) is 10.2 Å². The maximum Gasteiger partial charge on any atom is 0.168 e. The van der Waals surface area contributed by atoms with E-state index < -0.39 is 11.4 Å². The fraction of sp³-hybridized carbons (Fsp3) is 0.600. The average molecular weight is 299 g/mol. The predicted octanol–water partition coefficient (Wildman–Crippen LogP) is 2.34. The third-order valence-electron chi connectivity index (χ3n) is 4.39. The Morgan fingerprint density at radius 1 is 1.10 bits per heavy atom. The molecule has 1 heterocycles. The largest absolute Gasteiger partial charge is 0.392 e. The molecule has 0 aromatic heterocycles. The molecule has 0 atom stereocenters. The predicted molar refractivity (Wildman–Crippen MR) is 74.4 cm³/mol. The van der Waals surface area contributed by atoms with Crippen LogP contribution in [0.2, 0.25) is 5.02 Å². The van der Waals surface area contributed by atoms with Crippen molar-refractivity contribution >= 4 is 11.6 Å². The first-order valence-electron chi connectivity index (χ1n) is 6.97. The minimum Gasteiger partial charge on any atom is -0.392 e. The zero-order chi connectivity index (χ0) is 14.2. The summed E-state index contributed by atoms with van der Waals surface area (Å²) in [4.78, 5) is 0. The van der Waals surface area contributed by atoms with Crippen LogP contribution in [0.15, 0.2) is 18.2 Å². The molecular formula is C15H19ClO4. The van der Waals surface area contributed by atoms with E-state index >= 15 is 0 Å². The molecular weight excluding hydrogens is 280 g/mol. The van der Waals surface area contributed by atoms with E-state index in [0.29, 0.717) is 49.5 Å². The lowest BCUT2D eigenvalue weighted by molar-refractivity contribution is -0.204. The average Bonchev–Trinajstić information content (AvgIpc) is 2.91. The van der Waals surface area contributed by atoms with Crippen molar-refractivity contribution < 1.29 is 19.7 Å². The molecule has 2 fully saturated rings. The van der Waals surface area contributed by atoms with Crippen LogP contribution in [0.1, 0.15) is 36.8 Å². The van der Waals surface area contributed by atoms with Gasteiger partial charge in [0.15, 0.2) is 5.79 Å². The third kappa shape index (κ3) is 2.47. The Morgan fingerprint density at radius 3 is 2.35 bits per heavy atom. The van der Waals surface area contributed by atoms with Gasteiger partial charge in [-0.25, -0.2) is 0 Å². The molecule has 1 aliphatic heterocycles. The summed E-state index contributed by atoms with van der Waals surface area (Å²) in [6.07, 6.45) is 2.44. The fourth-order valence-electron chi connectivity index (χ4n) is 3.25. The molecule has 1 saturated heterocycles. The first-order chi connectivity index (χ1) is 9.57. The van der Waals surface area contributed by atoms with Crippen LogP contribution in [0.5, 0.6) is 0 Å². The number of halogens is 1. The number of benzene rings is 1. The van der Waals surface area contributed by atoms with Crippen molar-refractivity contribution in [3.63, 3.8) is 0 Å². The Morgan fingerprint density at radius 2 is 1.75 bits per heavy atom. The third-order valence-corrected chi connectivity index (χ3v) is 4.63. The van der Waals surface area contributed by atoms with Gasteiger partial charge in [-0.05, 0) is 36.1 Å². The molecule has 4 nitrogen and oxygen atoms in total. The second-order valence-corrected chi connectivity index (χ2v) is 6.04. The monoisotopic (exact) mass is 298 g/mol. The van der Waals surface area contributed by atoms with E-state index in [1.165, 1.54) is 0 Å². The van der Waals surface area contributed by atoms with Gasteiger partial charge in [-0.2, -0.15) is 0 Å². The summed E-state index contributed by atoms with van der Waals surface area (Å²) in [7, 11) is 0. The van der Waals surface area contributed by atoms with Gasteiger partial charge in [0.2, 0.25) is 0 Å². The lowest BCUT2D eigenvalue weighted by atomic mass is 9.75. The lowest BCUT2D eigenvalue weighted by Crippen LogP contribution is -2.42. The maximum atomic E-state index is 10.9. The summed E-state index contributed by atoms with van der Waals surface area (Å²) in [6.45, 7) is 1.12. The highest BCUT2D eigenvalue weighted by Crippen LogP contribution is 2.45. The molecule has 0 bridgehead atoms. The Labute approximate surface area is 123 Å². The standard InChI is InChI=1S/C15H19ClO4/c16-12-1-2-13(11(9-12)10-17)14(18)3-5-15(6-4-14)19-7-8-20-15/h1-2,9,17-18H,3-8,10H2. The van der Waals surface area contributed by atoms with Gasteiger partial charge in [0.25, 0.3) is 0 Å². The van der Waals surface area contributed by atoms with Gasteiger partial charge in [-0.15, -0.1) is 0 Å². The zero-order valence-electron chi connectivity index (χ0n) is 11.3. The smallest absolute Gasteiger partial charge is 0.168 e. The van der Waals surface area contributed by atoms with Gasteiger partial charge in [0, 0.05) is 17.9 Å². The molecule has 3 rings (SSSR count). The number of aliphatic hydroxyl groups is 2. The summed E-state index contributed by atoms with van der Waals surface area (Å²) in [5.41, 5.74) is 0.505. The van der Waals surface area contributed by atoms with Crippen molar-refractivity contribution in [2.75, 3.05) is 13.2 Å². The highest BCUT2D eigenvalue weighted by molar-refractivity contribution is 6.30. The van der Waals surface area contributed by atoms with E-state index in [-0.39, 0.29) is 6.61 Å². The van der Waals surface area contributed by atoms with E-state index in [1.54, 1.807) is 12.1 Å². The van der Waals surface area contributed by atoms with Crippen LogP contribution in [0.4, 0.5) is 0 Å². The Bertz CT molecular complexity index is 487. The molecule has 1 saturated carbocycles. The van der Waals surface area contributed by atoms with Crippen LogP contribution >= 0.6 is 11.6 Å². The normalized spacial score (nSPS) is 24.1. The fourth-order valence-corrected chi connectivity index (χ4v) is 3.44. The number of rotatable bonds is 2. The molecule has 0 amide bonds. The molecule has 110 valence electrons. The Kier molecular flexibility index (Phi) is 3.77. The summed E-state index contributed by atoms with van der Waals surface area (Å²) in [5, 5.41) is 21.0. The van der Waals surface area contributed by atoms with Gasteiger partial charge < -0.3 is 19.7 Å². The van der Waals surface area contributed by atoms with Crippen molar-refractivity contribution in [3.8, 4) is 0 Å². The lowest BCUT2D eigenvalue weighted by Gasteiger charge is -2.41. The van der Waals surface area contributed by atoms with Crippen LogP contribution < -0.4 is 0 Å². The molecule has 5 heteroatoms. The summed E-state index contributed by atoms with van der Waals surface area (Å²) in [6, 6.07) is 5.27. The molecule has 0 unspecified atom stereocenters. The highest BCUT2D eigenvalue weighted by atomic mass is 35.5. The molecule has 1 aromatic carbocycles. The second kappa shape index (κ2) is 5.28. The minimum absolute atomic E-state index is 0.129. The zero-order valence-corrected chi connectivity index (χ0v) is 12.0. The van der Waals surface area contributed by atoms with E-state index in [2.05, 4.69) is 0 Å². The van der Waals surface area contributed by atoms with Gasteiger partial charge in [0.1, 0.15) is 0 Å². The summed E-state index contributed by atoms with van der Waals surface area (Å²) in [5.74, 6) is -0.502. The maximum absolute atomic E-state index is 10.9. The number of hydrogen-bond acceptors (Lipinski definition) is 4. The van der Waals surface area contributed by atoms with Gasteiger partial charge in [-0.1, -0.05) is 17.7 Å². The van der Waals surface area contributed by atoms with Gasteiger partial charge in [0.05, 0.1) is 25.4 Å². The Balaban J connectivity index is 1.83. The van der Waals surface area contributed by atoms with Crippen molar-refractivity contribution in [3.05, 3.63) is 34.3 Å². The molecule has 1 aliphatic carbocycles. The van der Waals surface area contributed by atoms with Crippen LogP contribution in [0.25, 0.3) is 0 Å². The van der Waals surface area contributed by atoms with Crippen LogP contribution in [0, 0.1) is 0 Å². The molecule has 1 aromatic rings. The summed E-state index contributed by atoms with van der Waals surface area (Å²) < 4.78 is 11.4. The number of ether oxygens (including phenoxy) is 2. The molecule has 20 heavy (non-hydrogen) atoms. The van der Waals surface area contributed by atoms with Crippen LogP contribution in [0.3, 0.4) is 0 Å². The van der Waals surface area contributed by atoms with Crippen LogP contribution in [-0.4, -0.2) is 29.2 Å². The van der Waals surface area contributed by atoms with Crippen molar-refractivity contribution in [1.82, 2.24) is 0 Å². The van der Waals surface area contributed by atoms with E-state index in [4.69, 9.17) is 21.1 Å². The van der Waals surface area contributed by atoms with Gasteiger partial charge >= 0.3 is 0 Å². The highest BCUT2D eigenvalue weighted by Gasteiger charge is 2.46. The second-order valence-electron chi connectivity index (χ2n) is 5.60. The van der Waals surface area contributed by atoms with Crippen molar-refractivity contribution in [2.45, 2.75) is 43.7 Å². The molecule has 2 N–H and O–H groups in total. The molecule has 1 spiro atoms. The van der Waals surface area contributed by atoms with E-state index in [1.807, 2.05) is 6.07 Å². The summed E-state index contributed by atoms with van der Waals surface area (Å²) >= 11 is 5.95. The van der Waals surface area contributed by atoms with Crippen LogP contribution in [-0.2, 0) is 21.7 Å². The quantitative estimate of drug-likeness (QED) is 0.880. The van der Waals surface area contributed by atoms with Gasteiger partial charge in [-0.3, -0.25) is 0 Å². The Hall–Kier alpha value is -0.650. The topological polar surface area (TPSA) is 58.9 Å². The number of hydrogen-bond donors (Lipinski definition) is 2.